The van der Waals surface area contributed by atoms with Gasteiger partial charge in [-0.3, -0.25) is 19.2 Å². The molecule has 0 aliphatic carbocycles. The highest BCUT2D eigenvalue weighted by molar-refractivity contribution is 5.71. The van der Waals surface area contributed by atoms with Crippen LogP contribution in [-0.4, -0.2) is 54.9 Å². The fourth-order valence-electron chi connectivity index (χ4n) is 2.22. The fraction of sp³-hybridized carbons (Fsp3) is 0.722. The lowest BCUT2D eigenvalue weighted by Gasteiger charge is -2.40. The molecule has 1 fully saturated rings. The van der Waals surface area contributed by atoms with E-state index in [2.05, 4.69) is 0 Å². The Balaban J connectivity index is 3.05. The third-order valence-corrected chi connectivity index (χ3v) is 3.77. The summed E-state index contributed by atoms with van der Waals surface area (Å²) >= 11 is 0. The molecule has 0 N–H and O–H groups in total. The van der Waals surface area contributed by atoms with Gasteiger partial charge >= 0.3 is 23.9 Å². The predicted octanol–water partition coefficient (Wildman–Crippen LogP) is 1.47. The zero-order valence-electron chi connectivity index (χ0n) is 16.1. The Morgan fingerprint density at radius 2 is 1.22 bits per heavy atom. The Morgan fingerprint density at radius 1 is 0.741 bits per heavy atom. The van der Waals surface area contributed by atoms with Crippen molar-refractivity contribution in [2.24, 2.45) is 0 Å². The minimum atomic E-state index is -1.11. The van der Waals surface area contributed by atoms with Gasteiger partial charge in [0.15, 0.2) is 18.3 Å². The van der Waals surface area contributed by atoms with Crippen LogP contribution in [-0.2, 0) is 42.9 Å². The molecule has 0 aromatic carbocycles. The van der Waals surface area contributed by atoms with E-state index in [-0.39, 0.29) is 32.3 Å². The van der Waals surface area contributed by atoms with E-state index in [1.165, 1.54) is 6.61 Å². The normalized spacial score (nSPS) is 24.6. The van der Waals surface area contributed by atoms with Gasteiger partial charge in [-0.25, -0.2) is 0 Å². The average Bonchev–Trinajstić information content (AvgIpc) is 2.68. The van der Waals surface area contributed by atoms with Crippen LogP contribution in [0.4, 0.5) is 0 Å². The SMILES string of the molecule is CCC(=O)OC[C@H]1O[CH][C@@H](OC(=O)CC)[C@H](OC(=O)CC)[C@@H]1OC(=O)CC. The molecule has 0 unspecified atom stereocenters. The van der Waals surface area contributed by atoms with Crippen LogP contribution in [0.25, 0.3) is 0 Å². The lowest BCUT2D eigenvalue weighted by Crippen LogP contribution is -2.57. The van der Waals surface area contributed by atoms with Gasteiger partial charge in [0.25, 0.3) is 0 Å². The zero-order valence-corrected chi connectivity index (χ0v) is 16.1. The van der Waals surface area contributed by atoms with E-state index in [1.807, 2.05) is 0 Å². The maximum atomic E-state index is 11.9. The molecular weight excluding hydrogens is 360 g/mol. The minimum absolute atomic E-state index is 0.0789. The van der Waals surface area contributed by atoms with Crippen LogP contribution < -0.4 is 0 Å². The van der Waals surface area contributed by atoms with Crippen molar-refractivity contribution >= 4 is 23.9 Å². The number of hydrogen-bond donors (Lipinski definition) is 0. The van der Waals surface area contributed by atoms with Crippen LogP contribution in [0, 0.1) is 6.61 Å². The highest BCUT2D eigenvalue weighted by Gasteiger charge is 2.48. The van der Waals surface area contributed by atoms with Crippen molar-refractivity contribution in [3.8, 4) is 0 Å². The largest absolute Gasteiger partial charge is 0.463 e. The van der Waals surface area contributed by atoms with E-state index in [0.29, 0.717) is 0 Å². The van der Waals surface area contributed by atoms with E-state index in [1.54, 1.807) is 27.7 Å². The maximum Gasteiger partial charge on any atom is 0.306 e. The van der Waals surface area contributed by atoms with Crippen molar-refractivity contribution in [1.29, 1.82) is 0 Å². The molecule has 153 valence electrons. The van der Waals surface area contributed by atoms with Crippen LogP contribution in [0.1, 0.15) is 53.4 Å². The van der Waals surface area contributed by atoms with E-state index in [9.17, 15) is 19.2 Å². The highest BCUT2D eigenvalue weighted by Crippen LogP contribution is 2.27. The first-order valence-electron chi connectivity index (χ1n) is 9.08. The summed E-state index contributed by atoms with van der Waals surface area (Å²) in [6.45, 7) is 7.44. The number of rotatable bonds is 9. The first kappa shape index (κ1) is 22.9. The molecular formula is C18H27O9. The number of hydrogen-bond acceptors (Lipinski definition) is 9. The monoisotopic (exact) mass is 387 g/mol. The standard InChI is InChI=1S/C18H27O9/c1-5-13(19)24-9-11-17(26-15(21)7-3)18(27-16(22)8-4)12(10-23-11)25-14(20)6-2/h10-12,17-18H,5-9H2,1-4H3/t11-,12-,17-,18+/m1/s1. The summed E-state index contributed by atoms with van der Waals surface area (Å²) in [5.41, 5.74) is 0. The molecule has 1 rings (SSSR count). The molecule has 0 spiro atoms. The number of carbonyl (C=O) groups excluding carboxylic acids is 4. The Hall–Kier alpha value is -2.16. The first-order chi connectivity index (χ1) is 12.9. The molecule has 1 heterocycles. The van der Waals surface area contributed by atoms with Gasteiger partial charge in [-0.2, -0.15) is 0 Å². The van der Waals surface area contributed by atoms with Crippen LogP contribution in [0.3, 0.4) is 0 Å². The van der Waals surface area contributed by atoms with E-state index in [4.69, 9.17) is 23.7 Å². The van der Waals surface area contributed by atoms with Crippen molar-refractivity contribution in [3.05, 3.63) is 6.61 Å². The summed E-state index contributed by atoms with van der Waals surface area (Å²) in [6.07, 6.45) is -3.73. The molecule has 1 aliphatic rings. The summed E-state index contributed by atoms with van der Waals surface area (Å²) in [5.74, 6) is -2.11. The summed E-state index contributed by atoms with van der Waals surface area (Å²) in [6, 6.07) is 0. The lowest BCUT2D eigenvalue weighted by molar-refractivity contribution is -0.219. The molecule has 0 bridgehead atoms. The van der Waals surface area contributed by atoms with E-state index < -0.39 is 48.3 Å². The first-order valence-corrected chi connectivity index (χ1v) is 9.08. The smallest absolute Gasteiger partial charge is 0.306 e. The Morgan fingerprint density at radius 3 is 1.74 bits per heavy atom. The third-order valence-electron chi connectivity index (χ3n) is 3.77. The van der Waals surface area contributed by atoms with Crippen molar-refractivity contribution in [3.63, 3.8) is 0 Å². The van der Waals surface area contributed by atoms with Crippen molar-refractivity contribution in [1.82, 2.24) is 0 Å². The topological polar surface area (TPSA) is 114 Å². The van der Waals surface area contributed by atoms with Crippen LogP contribution in [0.2, 0.25) is 0 Å². The second-order valence-electron chi connectivity index (χ2n) is 5.77. The van der Waals surface area contributed by atoms with Crippen LogP contribution in [0.15, 0.2) is 0 Å². The van der Waals surface area contributed by atoms with E-state index in [0.717, 1.165) is 0 Å². The van der Waals surface area contributed by atoms with Crippen molar-refractivity contribution in [2.45, 2.75) is 77.8 Å². The van der Waals surface area contributed by atoms with Gasteiger partial charge in [-0.1, -0.05) is 27.7 Å². The van der Waals surface area contributed by atoms with Gasteiger partial charge in [0, 0.05) is 25.7 Å². The summed E-state index contributed by atoms with van der Waals surface area (Å²) < 4.78 is 26.6. The molecule has 0 aromatic rings. The molecule has 0 amide bonds. The second kappa shape index (κ2) is 11.5. The van der Waals surface area contributed by atoms with Gasteiger partial charge in [0.2, 0.25) is 0 Å². The van der Waals surface area contributed by atoms with Gasteiger partial charge in [-0.15, -0.1) is 0 Å². The summed E-state index contributed by atoms with van der Waals surface area (Å²) in [7, 11) is 0. The molecule has 9 nitrogen and oxygen atoms in total. The summed E-state index contributed by atoms with van der Waals surface area (Å²) in [4.78, 5) is 46.8. The summed E-state index contributed by atoms with van der Waals surface area (Å²) in [5, 5.41) is 0. The maximum absolute atomic E-state index is 11.9. The second-order valence-corrected chi connectivity index (χ2v) is 5.77. The number of ether oxygens (including phenoxy) is 5. The number of esters is 4. The van der Waals surface area contributed by atoms with Crippen molar-refractivity contribution < 1.29 is 42.9 Å². The van der Waals surface area contributed by atoms with Gasteiger partial charge in [-0.05, 0) is 0 Å². The Labute approximate surface area is 158 Å². The molecule has 1 radical (unpaired) electrons. The van der Waals surface area contributed by atoms with Crippen LogP contribution >= 0.6 is 0 Å². The number of carbonyl (C=O) groups is 4. The van der Waals surface area contributed by atoms with Crippen LogP contribution in [0.5, 0.6) is 0 Å². The molecule has 4 atom stereocenters. The van der Waals surface area contributed by atoms with Gasteiger partial charge < -0.3 is 23.7 Å². The predicted molar refractivity (Wildman–Crippen MR) is 90.9 cm³/mol. The minimum Gasteiger partial charge on any atom is -0.463 e. The Kier molecular flexibility index (Phi) is 9.77. The lowest BCUT2D eigenvalue weighted by atomic mass is 9.99. The van der Waals surface area contributed by atoms with Crippen molar-refractivity contribution in [2.75, 3.05) is 6.61 Å². The quantitative estimate of drug-likeness (QED) is 0.428. The highest BCUT2D eigenvalue weighted by atomic mass is 16.7. The zero-order chi connectivity index (χ0) is 20.4. The average molecular weight is 387 g/mol. The third kappa shape index (κ3) is 7.16. The molecule has 9 heteroatoms. The fourth-order valence-corrected chi connectivity index (χ4v) is 2.22. The molecule has 1 aliphatic heterocycles. The van der Waals surface area contributed by atoms with Gasteiger partial charge in [0.05, 0.1) is 0 Å². The Bertz CT molecular complexity index is 531. The molecule has 0 aromatic heterocycles. The van der Waals surface area contributed by atoms with E-state index >= 15 is 0 Å². The molecule has 1 saturated heterocycles. The molecule has 0 saturated carbocycles. The molecule has 27 heavy (non-hydrogen) atoms. The van der Waals surface area contributed by atoms with Gasteiger partial charge in [0.1, 0.15) is 19.3 Å².